The number of hydrogen-bond acceptors (Lipinski definition) is 6. The van der Waals surface area contributed by atoms with Crippen LogP contribution < -0.4 is 9.47 Å². The van der Waals surface area contributed by atoms with Crippen LogP contribution in [-0.4, -0.2) is 45.4 Å². The Morgan fingerprint density at radius 3 is 1.53 bits per heavy atom. The molecule has 3 heterocycles. The minimum absolute atomic E-state index is 0.324. The van der Waals surface area contributed by atoms with Crippen LogP contribution in [0.25, 0.3) is 44.1 Å². The van der Waals surface area contributed by atoms with Gasteiger partial charge in [-0.2, -0.15) is 0 Å². The van der Waals surface area contributed by atoms with E-state index in [1.807, 2.05) is 69.6 Å². The predicted octanol–water partition coefficient (Wildman–Crippen LogP) is 9.92. The number of aryl methyl sites for hydroxylation is 2. The number of amides is 1. The molecule has 1 fully saturated rings. The lowest BCUT2D eigenvalue weighted by Gasteiger charge is -2.41. The van der Waals surface area contributed by atoms with Crippen LogP contribution in [0.3, 0.4) is 0 Å². The van der Waals surface area contributed by atoms with Gasteiger partial charge in [0.25, 0.3) is 5.79 Å². The SMILES string of the molecule is Cc1c(-c2ccc(OC3(Oc4ccc(-c5ccc6cccnc6c5C)cc4)CCN(C(=O)OC(C)(C)C)CC3)cc2)ccc2cccnc12. The van der Waals surface area contributed by atoms with E-state index in [0.717, 1.165) is 55.2 Å². The van der Waals surface area contributed by atoms with Crippen molar-refractivity contribution >= 4 is 27.9 Å². The molecule has 0 saturated carbocycles. The molecule has 4 aromatic carbocycles. The fraction of sp³-hybridized carbons (Fsp3) is 0.262. The largest absolute Gasteiger partial charge is 0.452 e. The first-order valence-electron chi connectivity index (χ1n) is 16.8. The third-order valence-electron chi connectivity index (χ3n) is 9.17. The van der Waals surface area contributed by atoms with Crippen molar-refractivity contribution in [2.75, 3.05) is 13.1 Å². The third kappa shape index (κ3) is 6.79. The van der Waals surface area contributed by atoms with Gasteiger partial charge in [-0.05, 0) is 104 Å². The molecule has 0 spiro atoms. The molecular weight excluding hydrogens is 610 g/mol. The van der Waals surface area contributed by atoms with Crippen molar-refractivity contribution in [3.63, 3.8) is 0 Å². The van der Waals surface area contributed by atoms with Crippen LogP contribution in [0.5, 0.6) is 11.5 Å². The monoisotopic (exact) mass is 651 g/mol. The van der Waals surface area contributed by atoms with Crippen molar-refractivity contribution in [3.8, 4) is 33.8 Å². The summed E-state index contributed by atoms with van der Waals surface area (Å²) in [6.45, 7) is 10.7. The molecule has 0 radical (unpaired) electrons. The number of carbonyl (C=O) groups excluding carboxylic acids is 1. The number of piperidine rings is 1. The number of likely N-dealkylation sites (tertiary alicyclic amines) is 1. The normalized spacial score (nSPS) is 14.5. The Bertz CT molecular complexity index is 2000. The number of pyridine rings is 2. The van der Waals surface area contributed by atoms with Gasteiger partial charge in [0.2, 0.25) is 0 Å². The first-order valence-corrected chi connectivity index (χ1v) is 16.8. The van der Waals surface area contributed by atoms with E-state index in [2.05, 4.69) is 84.5 Å². The molecule has 7 nitrogen and oxygen atoms in total. The van der Waals surface area contributed by atoms with Crippen LogP contribution in [0, 0.1) is 13.8 Å². The average Bonchev–Trinajstić information content (AvgIpc) is 3.09. The predicted molar refractivity (Wildman–Crippen MR) is 195 cm³/mol. The Morgan fingerprint density at radius 1 is 0.653 bits per heavy atom. The summed E-state index contributed by atoms with van der Waals surface area (Å²) < 4.78 is 19.1. The highest BCUT2D eigenvalue weighted by Crippen LogP contribution is 2.36. The molecule has 1 aliphatic rings. The maximum atomic E-state index is 12.9. The molecule has 1 aliphatic heterocycles. The number of rotatable bonds is 6. The summed E-state index contributed by atoms with van der Waals surface area (Å²) in [6.07, 6.45) is 4.29. The lowest BCUT2D eigenvalue weighted by Crippen LogP contribution is -2.53. The van der Waals surface area contributed by atoms with Crippen molar-refractivity contribution in [1.82, 2.24) is 14.9 Å². The van der Waals surface area contributed by atoms with Gasteiger partial charge in [0.05, 0.1) is 11.0 Å². The quantitative estimate of drug-likeness (QED) is 0.167. The van der Waals surface area contributed by atoms with Crippen LogP contribution in [0.1, 0.15) is 44.7 Å². The van der Waals surface area contributed by atoms with Gasteiger partial charge in [0, 0.05) is 49.1 Å². The van der Waals surface area contributed by atoms with Crippen molar-refractivity contribution in [2.45, 2.75) is 58.8 Å². The van der Waals surface area contributed by atoms with Gasteiger partial charge >= 0.3 is 6.09 Å². The Labute approximate surface area is 287 Å². The fourth-order valence-electron chi connectivity index (χ4n) is 6.62. The van der Waals surface area contributed by atoms with Crippen LogP contribution in [0.2, 0.25) is 0 Å². The number of ether oxygens (including phenoxy) is 3. The summed E-state index contributed by atoms with van der Waals surface area (Å²) in [5.41, 5.74) is 8.15. The summed E-state index contributed by atoms with van der Waals surface area (Å²) in [5.74, 6) is 0.413. The van der Waals surface area contributed by atoms with Gasteiger partial charge in [0.1, 0.15) is 17.1 Å². The zero-order chi connectivity index (χ0) is 34.2. The molecule has 248 valence electrons. The number of benzene rings is 4. The van der Waals surface area contributed by atoms with E-state index in [1.54, 1.807) is 4.90 Å². The zero-order valence-electron chi connectivity index (χ0n) is 28.7. The maximum absolute atomic E-state index is 12.9. The lowest BCUT2D eigenvalue weighted by molar-refractivity contribution is -0.146. The molecule has 1 amide bonds. The van der Waals surface area contributed by atoms with Crippen LogP contribution >= 0.6 is 0 Å². The molecule has 0 N–H and O–H groups in total. The number of fused-ring (bicyclic) bond motifs is 2. The summed E-state index contributed by atoms with van der Waals surface area (Å²) in [6, 6.07) is 32.8. The van der Waals surface area contributed by atoms with Crippen molar-refractivity contribution in [3.05, 3.63) is 121 Å². The molecule has 0 bridgehead atoms. The molecule has 7 rings (SSSR count). The highest BCUT2D eigenvalue weighted by molar-refractivity contribution is 5.89. The van der Waals surface area contributed by atoms with E-state index in [0.29, 0.717) is 37.4 Å². The molecule has 2 aromatic heterocycles. The van der Waals surface area contributed by atoms with Crippen molar-refractivity contribution in [2.24, 2.45) is 0 Å². The Balaban J connectivity index is 1.14. The Kier molecular flexibility index (Phi) is 8.45. The highest BCUT2D eigenvalue weighted by atomic mass is 16.7. The van der Waals surface area contributed by atoms with Crippen LogP contribution in [0.4, 0.5) is 4.79 Å². The number of aromatic nitrogens is 2. The number of hydrogen-bond donors (Lipinski definition) is 0. The smallest absolute Gasteiger partial charge is 0.410 e. The van der Waals surface area contributed by atoms with E-state index in [4.69, 9.17) is 14.2 Å². The zero-order valence-corrected chi connectivity index (χ0v) is 28.7. The van der Waals surface area contributed by atoms with Crippen molar-refractivity contribution < 1.29 is 19.0 Å². The lowest BCUT2D eigenvalue weighted by atomic mass is 9.97. The minimum Gasteiger partial charge on any atom is -0.452 e. The standard InChI is InChI=1S/C42H41N3O4/c1-28-36(20-14-32-8-6-24-43-38(28)32)30-10-16-34(17-11-30)47-42(22-26-45(27-23-42)40(46)49-41(3,4)5)48-35-18-12-31(13-19-35)37-21-15-33-9-7-25-44-39(33)29(37)2/h6-21,24-25H,22-23,26-27H2,1-5H3. The van der Waals surface area contributed by atoms with E-state index < -0.39 is 11.4 Å². The Hall–Kier alpha value is -5.43. The molecular formula is C42H41N3O4. The number of carbonyl (C=O) groups is 1. The second-order valence-corrected chi connectivity index (χ2v) is 13.8. The topological polar surface area (TPSA) is 73.8 Å². The van der Waals surface area contributed by atoms with Gasteiger partial charge in [-0.1, -0.05) is 60.7 Å². The molecule has 0 atom stereocenters. The molecule has 49 heavy (non-hydrogen) atoms. The first kappa shape index (κ1) is 32.1. The van der Waals surface area contributed by atoms with E-state index in [1.165, 1.54) is 0 Å². The summed E-state index contributed by atoms with van der Waals surface area (Å²) >= 11 is 0. The second kappa shape index (κ2) is 12.9. The Morgan fingerprint density at radius 2 is 1.10 bits per heavy atom. The van der Waals surface area contributed by atoms with Crippen molar-refractivity contribution in [1.29, 1.82) is 0 Å². The fourth-order valence-corrected chi connectivity index (χ4v) is 6.62. The first-order chi connectivity index (χ1) is 23.6. The van der Waals surface area contributed by atoms with Gasteiger partial charge < -0.3 is 19.1 Å². The number of nitrogens with zero attached hydrogens (tertiary/aromatic N) is 3. The van der Waals surface area contributed by atoms with Crippen LogP contribution in [0.15, 0.2) is 109 Å². The van der Waals surface area contributed by atoms with Gasteiger partial charge in [0.15, 0.2) is 0 Å². The summed E-state index contributed by atoms with van der Waals surface area (Å²) in [4.78, 5) is 23.9. The molecule has 7 heteroatoms. The minimum atomic E-state index is -0.979. The van der Waals surface area contributed by atoms with Gasteiger partial charge in [-0.3, -0.25) is 9.97 Å². The summed E-state index contributed by atoms with van der Waals surface area (Å²) in [7, 11) is 0. The molecule has 6 aromatic rings. The second-order valence-electron chi connectivity index (χ2n) is 13.8. The highest BCUT2D eigenvalue weighted by Gasteiger charge is 2.41. The molecule has 1 saturated heterocycles. The van der Waals surface area contributed by atoms with E-state index in [-0.39, 0.29) is 6.09 Å². The third-order valence-corrected chi connectivity index (χ3v) is 9.17. The maximum Gasteiger partial charge on any atom is 0.410 e. The molecule has 0 unspecified atom stereocenters. The van der Waals surface area contributed by atoms with Gasteiger partial charge in [-0.25, -0.2) is 4.79 Å². The van der Waals surface area contributed by atoms with Crippen LogP contribution in [-0.2, 0) is 4.74 Å². The summed E-state index contributed by atoms with van der Waals surface area (Å²) in [5, 5.41) is 2.25. The van der Waals surface area contributed by atoms with Gasteiger partial charge in [-0.15, -0.1) is 0 Å². The van der Waals surface area contributed by atoms with E-state index in [9.17, 15) is 4.79 Å². The average molecular weight is 652 g/mol. The molecule has 0 aliphatic carbocycles. The van der Waals surface area contributed by atoms with E-state index >= 15 is 0 Å².